The third-order valence-corrected chi connectivity index (χ3v) is 2.91. The summed E-state index contributed by atoms with van der Waals surface area (Å²) in [6, 6.07) is 22.2. The molecule has 4 aromatic rings. The lowest BCUT2D eigenvalue weighted by atomic mass is 10.2. The number of rotatable bonds is 0. The van der Waals surface area contributed by atoms with Crippen LogP contribution in [0.15, 0.2) is 72.9 Å². The highest BCUT2D eigenvalue weighted by molar-refractivity contribution is 6.06. The van der Waals surface area contributed by atoms with E-state index in [9.17, 15) is 0 Å². The topological polar surface area (TPSA) is 28.7 Å². The molecule has 0 fully saturated rings. The molecule has 2 aromatic heterocycles. The van der Waals surface area contributed by atoms with E-state index in [1.807, 2.05) is 54.6 Å². The van der Waals surface area contributed by atoms with Gasteiger partial charge in [-0.15, -0.1) is 0 Å². The molecular weight excluding hydrogens is 232 g/mol. The van der Waals surface area contributed by atoms with E-state index < -0.39 is 0 Å². The summed E-state index contributed by atoms with van der Waals surface area (Å²) < 4.78 is 0. The lowest BCUT2D eigenvalue weighted by Gasteiger charge is -1.86. The largest absolute Gasteiger partial charge is 0.353 e. The van der Waals surface area contributed by atoms with E-state index in [0.717, 1.165) is 11.0 Å². The molecule has 0 unspecified atom stereocenters. The molecule has 0 spiro atoms. The minimum Gasteiger partial charge on any atom is -0.353 e. The summed E-state index contributed by atoms with van der Waals surface area (Å²) in [5.41, 5.74) is 2.12. The predicted molar refractivity (Wildman–Crippen MR) is 78.9 cm³/mol. The summed E-state index contributed by atoms with van der Waals surface area (Å²) >= 11 is 0. The van der Waals surface area contributed by atoms with Crippen molar-refractivity contribution >= 4 is 21.8 Å². The Kier molecular flexibility index (Phi) is 3.24. The van der Waals surface area contributed by atoms with Crippen LogP contribution in [0.2, 0.25) is 0 Å². The predicted octanol–water partition coefficient (Wildman–Crippen LogP) is 4.20. The average Bonchev–Trinajstić information content (AvgIpc) is 2.88. The molecule has 0 aliphatic heterocycles. The minimum atomic E-state index is 0.976. The highest BCUT2D eigenvalue weighted by Gasteiger charge is 2.01. The normalized spacial score (nSPS) is 10.1. The van der Waals surface area contributed by atoms with Crippen molar-refractivity contribution in [2.45, 2.75) is 0 Å². The lowest BCUT2D eigenvalue weighted by molar-refractivity contribution is 1.33. The van der Waals surface area contributed by atoms with Crippen molar-refractivity contribution in [3.63, 3.8) is 0 Å². The Morgan fingerprint density at radius 3 is 2.16 bits per heavy atom. The zero-order valence-electron chi connectivity index (χ0n) is 10.4. The van der Waals surface area contributed by atoms with Crippen LogP contribution in [0.3, 0.4) is 0 Å². The van der Waals surface area contributed by atoms with Crippen LogP contribution in [0.5, 0.6) is 0 Å². The van der Waals surface area contributed by atoms with Gasteiger partial charge in [0, 0.05) is 22.5 Å². The molecule has 0 aliphatic carbocycles. The zero-order valence-corrected chi connectivity index (χ0v) is 10.4. The van der Waals surface area contributed by atoms with E-state index in [0.29, 0.717) is 0 Å². The fourth-order valence-electron chi connectivity index (χ4n) is 2.02. The SMILES string of the molecule is [c]1nccc2c1[nH]c1ccccc12.c1ccccc1. The van der Waals surface area contributed by atoms with Gasteiger partial charge in [0.05, 0.1) is 5.52 Å². The third-order valence-electron chi connectivity index (χ3n) is 2.91. The van der Waals surface area contributed by atoms with E-state index >= 15 is 0 Å². The Morgan fingerprint density at radius 1 is 0.737 bits per heavy atom. The van der Waals surface area contributed by atoms with Gasteiger partial charge in [-0.2, -0.15) is 0 Å². The van der Waals surface area contributed by atoms with Crippen LogP contribution >= 0.6 is 0 Å². The summed E-state index contributed by atoms with van der Waals surface area (Å²) in [6.07, 6.45) is 4.70. The van der Waals surface area contributed by atoms with Crippen LogP contribution in [-0.4, -0.2) is 9.97 Å². The first-order chi connectivity index (χ1) is 9.45. The number of pyridine rings is 1. The molecule has 0 amide bonds. The van der Waals surface area contributed by atoms with E-state index in [2.05, 4.69) is 28.3 Å². The molecule has 1 N–H and O–H groups in total. The second kappa shape index (κ2) is 5.36. The Morgan fingerprint density at radius 2 is 1.42 bits per heavy atom. The van der Waals surface area contributed by atoms with Crippen molar-refractivity contribution < 1.29 is 0 Å². The van der Waals surface area contributed by atoms with Gasteiger partial charge in [0.15, 0.2) is 0 Å². The number of aromatic amines is 1. The van der Waals surface area contributed by atoms with Crippen LogP contribution in [0, 0.1) is 6.20 Å². The maximum Gasteiger partial charge on any atom is 0.115 e. The van der Waals surface area contributed by atoms with E-state index in [4.69, 9.17) is 0 Å². The molecule has 0 saturated carbocycles. The first-order valence-electron chi connectivity index (χ1n) is 6.18. The standard InChI is InChI=1S/C11H7N2.C6H6/c1-2-4-10-8(3-1)9-5-6-12-7-11(9)13-10;1-2-4-6-5-3-1/h1-6,13H;1-6H. The molecule has 2 nitrogen and oxygen atoms in total. The first kappa shape index (κ1) is 11.5. The van der Waals surface area contributed by atoms with E-state index in [-0.39, 0.29) is 0 Å². The van der Waals surface area contributed by atoms with Crippen molar-refractivity contribution in [3.8, 4) is 0 Å². The molecular formula is C17H13N2. The van der Waals surface area contributed by atoms with Crippen LogP contribution < -0.4 is 0 Å². The van der Waals surface area contributed by atoms with Gasteiger partial charge in [-0.25, -0.2) is 0 Å². The summed E-state index contributed by atoms with van der Waals surface area (Å²) in [5, 5.41) is 2.42. The molecule has 2 aromatic carbocycles. The van der Waals surface area contributed by atoms with Gasteiger partial charge in [-0.3, -0.25) is 4.98 Å². The maximum absolute atomic E-state index is 3.95. The quantitative estimate of drug-likeness (QED) is 0.494. The number of aromatic nitrogens is 2. The van der Waals surface area contributed by atoms with Crippen molar-refractivity contribution in [1.29, 1.82) is 0 Å². The fourth-order valence-corrected chi connectivity index (χ4v) is 2.02. The van der Waals surface area contributed by atoms with Gasteiger partial charge in [-0.1, -0.05) is 54.6 Å². The van der Waals surface area contributed by atoms with Crippen molar-refractivity contribution in [2.24, 2.45) is 0 Å². The van der Waals surface area contributed by atoms with Gasteiger partial charge in [0.2, 0.25) is 0 Å². The van der Waals surface area contributed by atoms with Crippen LogP contribution in [-0.2, 0) is 0 Å². The minimum absolute atomic E-state index is 0.976. The molecule has 2 heteroatoms. The number of H-pyrrole nitrogens is 1. The molecule has 0 saturated heterocycles. The number of fused-ring (bicyclic) bond motifs is 3. The van der Waals surface area contributed by atoms with Gasteiger partial charge in [-0.05, 0) is 12.1 Å². The van der Waals surface area contributed by atoms with E-state index in [1.54, 1.807) is 6.20 Å². The van der Waals surface area contributed by atoms with E-state index in [1.165, 1.54) is 10.8 Å². The second-order valence-electron chi connectivity index (χ2n) is 4.17. The monoisotopic (exact) mass is 245 g/mol. The molecule has 1 radical (unpaired) electrons. The fraction of sp³-hybridized carbons (Fsp3) is 0. The summed E-state index contributed by atoms with van der Waals surface area (Å²) in [5.74, 6) is 0. The summed E-state index contributed by atoms with van der Waals surface area (Å²) in [7, 11) is 0. The Labute approximate surface area is 111 Å². The molecule has 0 bridgehead atoms. The number of nitrogens with zero attached hydrogens (tertiary/aromatic N) is 1. The smallest absolute Gasteiger partial charge is 0.115 e. The number of hydrogen-bond donors (Lipinski definition) is 1. The number of hydrogen-bond acceptors (Lipinski definition) is 1. The lowest BCUT2D eigenvalue weighted by Crippen LogP contribution is -1.70. The molecule has 2 heterocycles. The Bertz CT molecular complexity index is 696. The highest BCUT2D eigenvalue weighted by atomic mass is 14.7. The van der Waals surface area contributed by atoms with Crippen LogP contribution in [0.4, 0.5) is 0 Å². The van der Waals surface area contributed by atoms with Crippen molar-refractivity contribution in [1.82, 2.24) is 9.97 Å². The molecule has 91 valence electrons. The average molecular weight is 245 g/mol. The third kappa shape index (κ3) is 2.47. The van der Waals surface area contributed by atoms with Crippen molar-refractivity contribution in [2.75, 3.05) is 0 Å². The van der Waals surface area contributed by atoms with Gasteiger partial charge < -0.3 is 4.98 Å². The second-order valence-corrected chi connectivity index (χ2v) is 4.17. The Hall–Kier alpha value is -2.61. The molecule has 19 heavy (non-hydrogen) atoms. The first-order valence-corrected chi connectivity index (χ1v) is 6.18. The maximum atomic E-state index is 3.95. The van der Waals surface area contributed by atoms with Crippen molar-refractivity contribution in [3.05, 3.63) is 79.1 Å². The molecule has 0 aliphatic rings. The number of para-hydroxylation sites is 1. The van der Waals surface area contributed by atoms with Gasteiger partial charge in [0.25, 0.3) is 0 Å². The Balaban J connectivity index is 0.000000155. The van der Waals surface area contributed by atoms with Gasteiger partial charge in [0.1, 0.15) is 6.20 Å². The zero-order chi connectivity index (χ0) is 12.9. The highest BCUT2D eigenvalue weighted by Crippen LogP contribution is 2.23. The summed E-state index contributed by atoms with van der Waals surface area (Å²) in [6.45, 7) is 0. The summed E-state index contributed by atoms with van der Waals surface area (Å²) in [4.78, 5) is 7.21. The van der Waals surface area contributed by atoms with Gasteiger partial charge >= 0.3 is 0 Å². The molecule has 0 atom stereocenters. The van der Waals surface area contributed by atoms with Crippen LogP contribution in [0.25, 0.3) is 21.8 Å². The molecule has 4 rings (SSSR count). The number of nitrogens with one attached hydrogen (secondary N) is 1. The van der Waals surface area contributed by atoms with Crippen LogP contribution in [0.1, 0.15) is 0 Å². The number of benzene rings is 2.